The fourth-order valence-corrected chi connectivity index (χ4v) is 2.26. The lowest BCUT2D eigenvalue weighted by Crippen LogP contribution is -2.27. The molecule has 2 aromatic carbocycles. The Kier molecular flexibility index (Phi) is 5.96. The van der Waals surface area contributed by atoms with Gasteiger partial charge in [0.2, 0.25) is 0 Å². The van der Waals surface area contributed by atoms with Gasteiger partial charge < -0.3 is 19.9 Å². The van der Waals surface area contributed by atoms with E-state index in [1.54, 1.807) is 6.07 Å². The van der Waals surface area contributed by atoms with Crippen LogP contribution in [0.15, 0.2) is 36.4 Å². The topological polar surface area (TPSA) is 67.8 Å². The summed E-state index contributed by atoms with van der Waals surface area (Å²) in [4.78, 5) is 12.0. The lowest BCUT2D eigenvalue weighted by Gasteiger charge is -2.17. The van der Waals surface area contributed by atoms with Crippen molar-refractivity contribution in [2.45, 2.75) is 26.1 Å². The van der Waals surface area contributed by atoms with Gasteiger partial charge in [-0.15, -0.1) is 0 Å². The molecule has 0 aromatic heterocycles. The number of rotatable bonds is 7. The number of benzene rings is 2. The van der Waals surface area contributed by atoms with Crippen LogP contribution in [0.5, 0.6) is 0 Å². The van der Waals surface area contributed by atoms with E-state index in [4.69, 9.17) is 9.47 Å². The molecule has 0 spiro atoms. The molecular weight excluding hydrogens is 294 g/mol. The minimum Gasteiger partial charge on any atom is -0.465 e. The summed E-state index contributed by atoms with van der Waals surface area (Å²) >= 11 is 0. The fourth-order valence-electron chi connectivity index (χ4n) is 2.26. The highest BCUT2D eigenvalue weighted by Gasteiger charge is 2.14. The van der Waals surface area contributed by atoms with Gasteiger partial charge in [0.25, 0.3) is 0 Å². The first-order valence-corrected chi connectivity index (χ1v) is 7.66. The van der Waals surface area contributed by atoms with Crippen LogP contribution in [0.2, 0.25) is 0 Å². The third-order valence-corrected chi connectivity index (χ3v) is 3.44. The quantitative estimate of drug-likeness (QED) is 0.769. The highest BCUT2D eigenvalue weighted by molar-refractivity contribution is 6.01. The molecule has 23 heavy (non-hydrogen) atoms. The molecule has 0 aliphatic carbocycles. The first-order chi connectivity index (χ1) is 11.0. The van der Waals surface area contributed by atoms with Crippen LogP contribution < -0.4 is 5.32 Å². The number of carbonyl (C=O) groups excluding carboxylic acids is 1. The molecule has 0 fully saturated rings. The Balaban J connectivity index is 2.18. The third kappa shape index (κ3) is 4.68. The number of hydrogen-bond acceptors (Lipinski definition) is 5. The van der Waals surface area contributed by atoms with Crippen LogP contribution in [0, 0.1) is 0 Å². The summed E-state index contributed by atoms with van der Waals surface area (Å²) in [5, 5.41) is 15.0. The van der Waals surface area contributed by atoms with E-state index in [0.717, 1.165) is 10.8 Å². The Hall–Kier alpha value is -2.11. The highest BCUT2D eigenvalue weighted by atomic mass is 16.5. The molecule has 5 nitrogen and oxygen atoms in total. The maximum Gasteiger partial charge on any atom is 0.339 e. The van der Waals surface area contributed by atoms with Gasteiger partial charge in [0.1, 0.15) is 0 Å². The number of nitrogens with one attached hydrogen (secondary N) is 1. The summed E-state index contributed by atoms with van der Waals surface area (Å²) in [5.41, 5.74) is 1.09. The number of aliphatic hydroxyl groups excluding tert-OH is 1. The summed E-state index contributed by atoms with van der Waals surface area (Å²) < 4.78 is 10.2. The molecule has 0 unspecified atom stereocenters. The van der Waals surface area contributed by atoms with Crippen LogP contribution in [0.25, 0.3) is 10.8 Å². The summed E-state index contributed by atoms with van der Waals surface area (Å²) in [6.45, 7) is 4.36. The van der Waals surface area contributed by atoms with E-state index in [-0.39, 0.29) is 19.3 Å². The molecule has 0 heterocycles. The zero-order valence-electron chi connectivity index (χ0n) is 13.7. The number of hydrogen-bond donors (Lipinski definition) is 2. The maximum atomic E-state index is 12.0. The van der Waals surface area contributed by atoms with E-state index in [0.29, 0.717) is 11.3 Å². The van der Waals surface area contributed by atoms with Crippen molar-refractivity contribution in [1.29, 1.82) is 0 Å². The van der Waals surface area contributed by atoms with E-state index >= 15 is 0 Å². The molecule has 0 saturated carbocycles. The molecule has 5 heteroatoms. The van der Waals surface area contributed by atoms with Gasteiger partial charge in [0.15, 0.2) is 0 Å². The molecule has 2 N–H and O–H groups in total. The van der Waals surface area contributed by atoms with Gasteiger partial charge in [0.05, 0.1) is 31.5 Å². The normalized spacial score (nSPS) is 12.4. The van der Waals surface area contributed by atoms with Gasteiger partial charge in [-0.2, -0.15) is 0 Å². The van der Waals surface area contributed by atoms with Gasteiger partial charge in [0, 0.05) is 12.2 Å². The number of ether oxygens (including phenoxy) is 2. The largest absolute Gasteiger partial charge is 0.465 e. The summed E-state index contributed by atoms with van der Waals surface area (Å²) in [6, 6.07) is 11.5. The Morgan fingerprint density at radius 2 is 1.87 bits per heavy atom. The first-order valence-electron chi connectivity index (χ1n) is 7.66. The van der Waals surface area contributed by atoms with Crippen LogP contribution in [-0.2, 0) is 9.47 Å². The molecule has 0 aliphatic rings. The van der Waals surface area contributed by atoms with Crippen LogP contribution >= 0.6 is 0 Å². The number of anilines is 1. The predicted molar refractivity (Wildman–Crippen MR) is 90.9 cm³/mol. The highest BCUT2D eigenvalue weighted by Crippen LogP contribution is 2.25. The minimum atomic E-state index is -0.658. The Morgan fingerprint density at radius 3 is 2.48 bits per heavy atom. The van der Waals surface area contributed by atoms with Crippen molar-refractivity contribution in [1.82, 2.24) is 0 Å². The molecule has 0 bridgehead atoms. The summed E-state index contributed by atoms with van der Waals surface area (Å²) in [6.07, 6.45) is -0.592. The van der Waals surface area contributed by atoms with E-state index in [2.05, 4.69) is 5.32 Å². The fraction of sp³-hybridized carbons (Fsp3) is 0.389. The number of esters is 1. The molecular formula is C18H23NO4. The van der Waals surface area contributed by atoms with Crippen molar-refractivity contribution in [2.75, 3.05) is 25.6 Å². The van der Waals surface area contributed by atoms with Crippen molar-refractivity contribution in [2.24, 2.45) is 0 Å². The molecule has 2 aromatic rings. The molecule has 124 valence electrons. The monoisotopic (exact) mass is 317 g/mol. The predicted octanol–water partition coefficient (Wildman–Crippen LogP) is 2.82. The molecule has 0 saturated heterocycles. The van der Waals surface area contributed by atoms with Crippen molar-refractivity contribution >= 4 is 22.4 Å². The van der Waals surface area contributed by atoms with Crippen molar-refractivity contribution in [3.8, 4) is 0 Å². The van der Waals surface area contributed by atoms with E-state index in [1.165, 1.54) is 7.11 Å². The molecule has 0 aliphatic heterocycles. The number of fused-ring (bicyclic) bond motifs is 1. The van der Waals surface area contributed by atoms with E-state index < -0.39 is 12.1 Å². The van der Waals surface area contributed by atoms with Crippen molar-refractivity contribution in [3.63, 3.8) is 0 Å². The Bertz CT molecular complexity index is 669. The second-order valence-electron chi connectivity index (χ2n) is 5.65. The van der Waals surface area contributed by atoms with Gasteiger partial charge in [-0.3, -0.25) is 0 Å². The Morgan fingerprint density at radius 1 is 1.22 bits per heavy atom. The van der Waals surface area contributed by atoms with Crippen LogP contribution in [0.1, 0.15) is 24.2 Å². The first kappa shape index (κ1) is 17.2. The molecule has 2 rings (SSSR count). The lowest BCUT2D eigenvalue weighted by atomic mass is 10.0. The summed E-state index contributed by atoms with van der Waals surface area (Å²) in [5.74, 6) is -0.411. The number of carbonyl (C=O) groups is 1. The van der Waals surface area contributed by atoms with Gasteiger partial charge in [-0.1, -0.05) is 24.3 Å². The average Bonchev–Trinajstić information content (AvgIpc) is 2.56. The van der Waals surface area contributed by atoms with E-state index in [9.17, 15) is 9.90 Å². The van der Waals surface area contributed by atoms with Crippen LogP contribution in [-0.4, -0.2) is 43.5 Å². The van der Waals surface area contributed by atoms with Gasteiger partial charge in [-0.25, -0.2) is 4.79 Å². The molecule has 0 radical (unpaired) electrons. The van der Waals surface area contributed by atoms with Crippen LogP contribution in [0.4, 0.5) is 5.69 Å². The van der Waals surface area contributed by atoms with E-state index in [1.807, 2.05) is 44.2 Å². The minimum absolute atomic E-state index is 0.0657. The Labute approximate surface area is 136 Å². The SMILES string of the molecule is COC(=O)c1cc2ccccc2cc1NC[C@@H](O)COC(C)C. The zero-order chi connectivity index (χ0) is 16.8. The summed E-state index contributed by atoms with van der Waals surface area (Å²) in [7, 11) is 1.35. The van der Waals surface area contributed by atoms with Crippen molar-refractivity contribution in [3.05, 3.63) is 42.0 Å². The molecule has 0 amide bonds. The molecule has 1 atom stereocenters. The average molecular weight is 317 g/mol. The maximum absolute atomic E-state index is 12.0. The van der Waals surface area contributed by atoms with Gasteiger partial charge >= 0.3 is 5.97 Å². The lowest BCUT2D eigenvalue weighted by molar-refractivity contribution is 0.0112. The van der Waals surface area contributed by atoms with Crippen molar-refractivity contribution < 1.29 is 19.4 Å². The van der Waals surface area contributed by atoms with Crippen LogP contribution in [0.3, 0.4) is 0 Å². The smallest absolute Gasteiger partial charge is 0.339 e. The number of aliphatic hydroxyl groups is 1. The van der Waals surface area contributed by atoms with Gasteiger partial charge in [-0.05, 0) is 36.8 Å². The second kappa shape index (κ2) is 7.94. The third-order valence-electron chi connectivity index (χ3n) is 3.44. The number of methoxy groups -OCH3 is 1. The standard InChI is InChI=1S/C18H23NO4/c1-12(2)23-11-15(20)10-19-17-9-14-7-5-4-6-13(14)8-16(17)18(21)22-3/h4-9,12,15,19-20H,10-11H2,1-3H3/t15-/m1/s1. The zero-order valence-corrected chi connectivity index (χ0v) is 13.7. The second-order valence-corrected chi connectivity index (χ2v) is 5.65.